The minimum absolute atomic E-state index is 0.168. The van der Waals surface area contributed by atoms with Gasteiger partial charge in [-0.1, -0.05) is 451 Å². The fourth-order valence-electron chi connectivity index (χ4n) is 16.4. The van der Waals surface area contributed by atoms with E-state index in [2.05, 4.69) is 20.8 Å². The molecule has 0 bridgehead atoms. The Morgan fingerprint density at radius 1 is 0.361 bits per heavy atom. The van der Waals surface area contributed by atoms with Crippen molar-refractivity contribution in [1.82, 2.24) is 0 Å². The van der Waals surface area contributed by atoms with Gasteiger partial charge in [0.2, 0.25) is 0 Å². The predicted molar refractivity (Wildman–Crippen MR) is 419 cm³/mol. The lowest BCUT2D eigenvalue weighted by Crippen LogP contribution is -2.37. The van der Waals surface area contributed by atoms with Crippen LogP contribution >= 0.6 is 0 Å². The lowest BCUT2D eigenvalue weighted by Gasteiger charge is -2.23. The molecule has 1 heterocycles. The highest BCUT2D eigenvalue weighted by Gasteiger charge is 2.44. The third kappa shape index (κ3) is 56.3. The molecule has 10 atom stereocenters. The van der Waals surface area contributed by atoms with Gasteiger partial charge in [-0.2, -0.15) is 0 Å². The van der Waals surface area contributed by atoms with E-state index in [0.717, 1.165) is 43.9 Å². The van der Waals surface area contributed by atoms with Crippen molar-refractivity contribution in [1.29, 1.82) is 0 Å². The predicted octanol–water partition coefficient (Wildman–Crippen LogP) is 27.6. The van der Waals surface area contributed by atoms with Gasteiger partial charge in [0.1, 0.15) is 24.9 Å². The summed E-state index contributed by atoms with van der Waals surface area (Å²) in [6.07, 6.45) is 93.6. The molecule has 0 amide bonds. The highest BCUT2D eigenvalue weighted by molar-refractivity contribution is 5.73. The molecular weight excluding hydrogens is 1200 g/mol. The molecular formula is C89H174O8. The molecule has 1 aliphatic carbocycles. The Bertz CT molecular complexity index is 1580. The van der Waals surface area contributed by atoms with Gasteiger partial charge < -0.3 is 34.3 Å². The fourth-order valence-corrected chi connectivity index (χ4v) is 16.4. The molecule has 2 aliphatic rings. The summed E-state index contributed by atoms with van der Waals surface area (Å²) in [6, 6.07) is 0. The van der Waals surface area contributed by atoms with Crippen LogP contribution in [0.15, 0.2) is 0 Å². The summed E-state index contributed by atoms with van der Waals surface area (Å²) in [5.41, 5.74) is 0. The first-order valence-corrected chi connectivity index (χ1v) is 44.7. The average Bonchev–Trinajstić information content (AvgIpc) is 1.73. The first-order valence-electron chi connectivity index (χ1n) is 44.7. The molecule has 8 heteroatoms. The molecule has 3 N–H and O–H groups in total. The molecule has 0 aromatic rings. The highest BCUT2D eigenvalue weighted by atomic mass is 16.7. The molecule has 1 saturated carbocycles. The number of unbranched alkanes of at least 4 members (excludes halogenated alkanes) is 61. The number of hydrogen-bond acceptors (Lipinski definition) is 8. The molecule has 1 saturated heterocycles. The Hall–Kier alpha value is -0.770. The van der Waals surface area contributed by atoms with E-state index in [-0.39, 0.29) is 6.61 Å². The molecule has 1 aliphatic heterocycles. The van der Waals surface area contributed by atoms with Crippen molar-refractivity contribution < 1.29 is 39.1 Å². The topological polar surface area (TPSA) is 115 Å². The quantitative estimate of drug-likeness (QED) is 0.0408. The minimum atomic E-state index is -1.19. The van der Waals surface area contributed by atoms with Crippen LogP contribution in [0.3, 0.4) is 0 Å². The van der Waals surface area contributed by atoms with Crippen LogP contribution in [0.2, 0.25) is 0 Å². The van der Waals surface area contributed by atoms with Crippen LogP contribution in [0.5, 0.6) is 0 Å². The highest BCUT2D eigenvalue weighted by Crippen LogP contribution is 2.46. The summed E-state index contributed by atoms with van der Waals surface area (Å²) in [4.78, 5) is 13.4. The SMILES string of the molecule is CCCCCCCCCCCCCCCCCCCCCC[C@@H](C(=O)OC[C@H]1O[C@H](OC)[C@@H](O)[C@@H]1O)[C@H](O)CCCCCCCCCCCCCCCCC[C@H]1CC1CCCCCCCCCCCCCCCC[C@@H](OC)[C@@H](C)CCCCCCCCCCCCCCCCCC. The molecule has 2 rings (SSSR count). The summed E-state index contributed by atoms with van der Waals surface area (Å²) >= 11 is 0. The standard InChI is InChI=1S/C89H174O8/c1-6-8-10-12-14-16-18-20-22-24-25-26-27-31-38-44-50-56-62-68-74-82(88(93)96-78-85-86(91)87(92)89(95-5)97-85)83(90)75-69-63-57-51-45-39-32-28-30-36-42-48-54-60-66-72-80-77-81(80)73-67-61-55-49-43-37-33-34-40-46-52-58-64-70-76-84(94-4)79(3)71-65-59-53-47-41-35-29-23-21-19-17-15-13-11-9-7-2/h79-87,89-92H,6-78H2,1-5H3/t79-,80-,81?,82+,83+,84+,85+,86+,87-,89-/m0/s1. The molecule has 97 heavy (non-hydrogen) atoms. The molecule has 1 unspecified atom stereocenters. The maximum atomic E-state index is 13.4. The number of methoxy groups -OCH3 is 2. The number of rotatable bonds is 80. The Kier molecular flexibility index (Phi) is 67.4. The van der Waals surface area contributed by atoms with Crippen molar-refractivity contribution in [3.05, 3.63) is 0 Å². The maximum Gasteiger partial charge on any atom is 0.311 e. The van der Waals surface area contributed by atoms with Crippen molar-refractivity contribution in [3.63, 3.8) is 0 Å². The third-order valence-corrected chi connectivity index (χ3v) is 23.5. The number of esters is 1. The van der Waals surface area contributed by atoms with Gasteiger partial charge >= 0.3 is 5.97 Å². The lowest BCUT2D eigenvalue weighted by molar-refractivity contribution is -0.170. The van der Waals surface area contributed by atoms with Crippen molar-refractivity contribution in [2.24, 2.45) is 23.7 Å². The lowest BCUT2D eigenvalue weighted by atomic mass is 9.91. The molecule has 578 valence electrons. The zero-order valence-corrected chi connectivity index (χ0v) is 66.3. The normalized spacial score (nSPS) is 19.1. The van der Waals surface area contributed by atoms with Crippen LogP contribution < -0.4 is 0 Å². The van der Waals surface area contributed by atoms with Gasteiger partial charge in [-0.15, -0.1) is 0 Å². The van der Waals surface area contributed by atoms with E-state index in [1.54, 1.807) is 0 Å². The molecule has 8 nitrogen and oxygen atoms in total. The van der Waals surface area contributed by atoms with Crippen molar-refractivity contribution in [3.8, 4) is 0 Å². The molecule has 0 radical (unpaired) electrons. The summed E-state index contributed by atoms with van der Waals surface area (Å²) in [5, 5.41) is 32.0. The first-order chi connectivity index (χ1) is 47.8. The van der Waals surface area contributed by atoms with Crippen molar-refractivity contribution in [2.75, 3.05) is 20.8 Å². The number of aliphatic hydroxyl groups is 3. The van der Waals surface area contributed by atoms with Crippen LogP contribution in [0.4, 0.5) is 0 Å². The molecule has 0 aromatic heterocycles. The summed E-state index contributed by atoms with van der Waals surface area (Å²) in [7, 11) is 3.37. The van der Waals surface area contributed by atoms with Crippen LogP contribution in [-0.2, 0) is 23.7 Å². The van der Waals surface area contributed by atoms with E-state index < -0.39 is 42.6 Å². The van der Waals surface area contributed by atoms with Crippen LogP contribution in [0.1, 0.15) is 483 Å². The van der Waals surface area contributed by atoms with E-state index in [1.165, 1.54) is 424 Å². The number of hydrogen-bond donors (Lipinski definition) is 3. The molecule has 2 fully saturated rings. The summed E-state index contributed by atoms with van der Waals surface area (Å²) < 4.78 is 22.4. The Morgan fingerprint density at radius 2 is 0.629 bits per heavy atom. The minimum Gasteiger partial charge on any atom is -0.463 e. The zero-order valence-electron chi connectivity index (χ0n) is 66.3. The molecule has 0 spiro atoms. The second-order valence-electron chi connectivity index (χ2n) is 32.6. The van der Waals surface area contributed by atoms with Gasteiger partial charge in [-0.25, -0.2) is 0 Å². The number of carbonyl (C=O) groups excluding carboxylic acids is 1. The first kappa shape index (κ1) is 92.3. The van der Waals surface area contributed by atoms with Crippen LogP contribution in [0.25, 0.3) is 0 Å². The zero-order chi connectivity index (χ0) is 69.8. The van der Waals surface area contributed by atoms with E-state index in [9.17, 15) is 20.1 Å². The second kappa shape index (κ2) is 70.9. The maximum absolute atomic E-state index is 13.4. The Balaban J connectivity index is 1.33. The number of ether oxygens (including phenoxy) is 4. The van der Waals surface area contributed by atoms with Gasteiger partial charge in [0.25, 0.3) is 0 Å². The second-order valence-corrected chi connectivity index (χ2v) is 32.6. The third-order valence-electron chi connectivity index (χ3n) is 23.5. The Morgan fingerprint density at radius 3 is 0.918 bits per heavy atom. The van der Waals surface area contributed by atoms with Gasteiger partial charge in [0.15, 0.2) is 6.29 Å². The van der Waals surface area contributed by atoms with Gasteiger partial charge in [-0.05, 0) is 49.9 Å². The fraction of sp³-hybridized carbons (Fsp3) is 0.989. The summed E-state index contributed by atoms with van der Waals surface area (Å²) in [6.45, 7) is 6.88. The average molecular weight is 1370 g/mol. The largest absolute Gasteiger partial charge is 0.463 e. The van der Waals surface area contributed by atoms with Gasteiger partial charge in [0.05, 0.1) is 18.1 Å². The van der Waals surface area contributed by atoms with E-state index >= 15 is 0 Å². The van der Waals surface area contributed by atoms with Crippen LogP contribution in [0, 0.1) is 23.7 Å². The smallest absolute Gasteiger partial charge is 0.311 e. The monoisotopic (exact) mass is 1370 g/mol. The van der Waals surface area contributed by atoms with Crippen LogP contribution in [-0.4, -0.2) is 78.9 Å². The summed E-state index contributed by atoms with van der Waals surface area (Å²) in [5.74, 6) is 1.84. The molecule has 0 aromatic carbocycles. The van der Waals surface area contributed by atoms with E-state index in [1.807, 2.05) is 7.11 Å². The number of carbonyl (C=O) groups is 1. The van der Waals surface area contributed by atoms with Crippen molar-refractivity contribution >= 4 is 5.97 Å². The van der Waals surface area contributed by atoms with E-state index in [4.69, 9.17) is 18.9 Å². The van der Waals surface area contributed by atoms with Gasteiger partial charge in [-0.3, -0.25) is 4.79 Å². The number of aliphatic hydroxyl groups excluding tert-OH is 3. The van der Waals surface area contributed by atoms with Gasteiger partial charge in [0, 0.05) is 14.2 Å². The van der Waals surface area contributed by atoms with E-state index in [0.29, 0.717) is 24.9 Å². The Labute approximate surface area is 606 Å². The van der Waals surface area contributed by atoms with Crippen molar-refractivity contribution in [2.45, 2.75) is 520 Å².